The molecule has 0 bridgehead atoms. The molecule has 2 atom stereocenters. The summed E-state index contributed by atoms with van der Waals surface area (Å²) in [4.78, 5) is 19.2. The Hall–Kier alpha value is -0.0700. The Kier molecular flexibility index (Phi) is 11.4. The van der Waals surface area contributed by atoms with Gasteiger partial charge in [0.25, 0.3) is 0 Å². The van der Waals surface area contributed by atoms with Crippen molar-refractivity contribution in [3.8, 4) is 0 Å². The number of carbonyl (C=O) groups excluding carboxylic acids is 1. The first-order valence-electron chi connectivity index (χ1n) is 8.53. The van der Waals surface area contributed by atoms with E-state index in [0.717, 1.165) is 39.3 Å². The number of amides is 1. The molecular formula is C16H34Cl2N4O. The van der Waals surface area contributed by atoms with E-state index in [1.165, 1.54) is 19.5 Å². The van der Waals surface area contributed by atoms with E-state index in [-0.39, 0.29) is 24.8 Å². The molecule has 0 radical (unpaired) electrons. The van der Waals surface area contributed by atoms with Crippen LogP contribution in [0.1, 0.15) is 26.7 Å². The van der Waals surface area contributed by atoms with Gasteiger partial charge in [-0.25, -0.2) is 0 Å². The smallest absolute Gasteiger partial charge is 0.223 e. The normalized spacial score (nSPS) is 25.7. The molecule has 0 aromatic heterocycles. The molecule has 5 nitrogen and oxygen atoms in total. The molecule has 0 spiro atoms. The minimum atomic E-state index is 0. The van der Waals surface area contributed by atoms with E-state index in [1.54, 1.807) is 0 Å². The molecule has 0 aromatic rings. The van der Waals surface area contributed by atoms with Gasteiger partial charge in [-0.05, 0) is 32.5 Å². The topological polar surface area (TPSA) is 38.8 Å². The van der Waals surface area contributed by atoms with Crippen LogP contribution in [0, 0.1) is 5.92 Å². The van der Waals surface area contributed by atoms with Gasteiger partial charge in [0.05, 0.1) is 0 Å². The van der Waals surface area contributed by atoms with Crippen molar-refractivity contribution in [2.75, 3.05) is 59.4 Å². The van der Waals surface area contributed by atoms with Crippen molar-refractivity contribution in [1.29, 1.82) is 0 Å². The Bertz CT molecular complexity index is 340. The summed E-state index contributed by atoms with van der Waals surface area (Å²) < 4.78 is 0. The number of likely N-dealkylation sites (tertiary alicyclic amines) is 1. The SMILES string of the molecule is CCN1CCC(N(C)CCC(=O)N2CCNCC2)C(C)C1.Cl.Cl. The van der Waals surface area contributed by atoms with E-state index in [9.17, 15) is 4.79 Å². The summed E-state index contributed by atoms with van der Waals surface area (Å²) in [6.07, 6.45) is 1.89. The molecule has 0 saturated carbocycles. The van der Waals surface area contributed by atoms with Crippen molar-refractivity contribution < 1.29 is 4.79 Å². The number of nitrogens with one attached hydrogen (secondary N) is 1. The molecule has 2 fully saturated rings. The molecule has 23 heavy (non-hydrogen) atoms. The fourth-order valence-electron chi connectivity index (χ4n) is 3.67. The number of piperidine rings is 1. The van der Waals surface area contributed by atoms with Gasteiger partial charge in [0.15, 0.2) is 0 Å². The van der Waals surface area contributed by atoms with Gasteiger partial charge in [0, 0.05) is 51.7 Å². The lowest BCUT2D eigenvalue weighted by Gasteiger charge is -2.41. The van der Waals surface area contributed by atoms with E-state index in [2.05, 4.69) is 36.0 Å². The molecule has 2 aliphatic rings. The highest BCUT2D eigenvalue weighted by atomic mass is 35.5. The lowest BCUT2D eigenvalue weighted by Crippen LogP contribution is -2.50. The maximum absolute atomic E-state index is 12.2. The number of rotatable bonds is 5. The summed E-state index contributed by atoms with van der Waals surface area (Å²) in [5.41, 5.74) is 0. The third-order valence-electron chi connectivity index (χ3n) is 5.11. The van der Waals surface area contributed by atoms with Gasteiger partial charge in [-0.2, -0.15) is 0 Å². The second-order valence-corrected chi connectivity index (χ2v) is 6.59. The second kappa shape index (κ2) is 11.5. The molecule has 2 aliphatic heterocycles. The molecular weight excluding hydrogens is 335 g/mol. The van der Waals surface area contributed by atoms with E-state index in [1.807, 2.05) is 4.90 Å². The van der Waals surface area contributed by atoms with E-state index in [0.29, 0.717) is 24.3 Å². The molecule has 2 unspecified atom stereocenters. The second-order valence-electron chi connectivity index (χ2n) is 6.59. The van der Waals surface area contributed by atoms with Crippen molar-refractivity contribution in [3.05, 3.63) is 0 Å². The highest BCUT2D eigenvalue weighted by Crippen LogP contribution is 2.21. The maximum Gasteiger partial charge on any atom is 0.223 e. The van der Waals surface area contributed by atoms with Crippen molar-refractivity contribution in [1.82, 2.24) is 20.0 Å². The standard InChI is InChI=1S/C16H32N4O.2ClH/c1-4-19-10-5-15(14(2)13-19)18(3)9-6-16(21)20-11-7-17-8-12-20;;/h14-15,17H,4-13H2,1-3H3;2*1H. The Balaban J connectivity index is 0.00000242. The molecule has 0 aliphatic carbocycles. The van der Waals surface area contributed by atoms with Crippen LogP contribution in [0.2, 0.25) is 0 Å². The Morgan fingerprint density at radius 2 is 1.87 bits per heavy atom. The molecule has 1 amide bonds. The van der Waals surface area contributed by atoms with Crippen molar-refractivity contribution in [2.45, 2.75) is 32.7 Å². The largest absolute Gasteiger partial charge is 0.340 e. The van der Waals surface area contributed by atoms with Gasteiger partial charge < -0.3 is 20.0 Å². The zero-order valence-electron chi connectivity index (χ0n) is 14.8. The zero-order chi connectivity index (χ0) is 15.2. The highest BCUT2D eigenvalue weighted by Gasteiger charge is 2.28. The lowest BCUT2D eigenvalue weighted by molar-refractivity contribution is -0.132. The summed E-state index contributed by atoms with van der Waals surface area (Å²) in [6, 6.07) is 0.628. The van der Waals surface area contributed by atoms with E-state index < -0.39 is 0 Å². The minimum Gasteiger partial charge on any atom is -0.340 e. The number of nitrogens with zero attached hydrogens (tertiary/aromatic N) is 3. The molecule has 2 saturated heterocycles. The number of hydrogen-bond donors (Lipinski definition) is 1. The molecule has 0 aromatic carbocycles. The van der Waals surface area contributed by atoms with E-state index >= 15 is 0 Å². The van der Waals surface area contributed by atoms with Crippen molar-refractivity contribution >= 4 is 30.7 Å². The monoisotopic (exact) mass is 368 g/mol. The number of piperazine rings is 1. The van der Waals surface area contributed by atoms with Crippen LogP contribution in [-0.4, -0.2) is 86.1 Å². The fourth-order valence-corrected chi connectivity index (χ4v) is 3.67. The number of halogens is 2. The summed E-state index contributed by atoms with van der Waals surface area (Å²) in [5, 5.41) is 3.29. The lowest BCUT2D eigenvalue weighted by atomic mass is 9.92. The average molecular weight is 369 g/mol. The van der Waals surface area contributed by atoms with Crippen LogP contribution >= 0.6 is 24.8 Å². The maximum atomic E-state index is 12.2. The van der Waals surface area contributed by atoms with Crippen molar-refractivity contribution in [3.63, 3.8) is 0 Å². The fraction of sp³-hybridized carbons (Fsp3) is 0.938. The summed E-state index contributed by atoms with van der Waals surface area (Å²) >= 11 is 0. The average Bonchev–Trinajstić information content (AvgIpc) is 2.52. The molecule has 1 N–H and O–H groups in total. The molecule has 7 heteroatoms. The van der Waals surface area contributed by atoms with Crippen LogP contribution < -0.4 is 5.32 Å². The Morgan fingerprint density at radius 3 is 2.43 bits per heavy atom. The van der Waals surface area contributed by atoms with Crippen molar-refractivity contribution in [2.24, 2.45) is 5.92 Å². The predicted octanol–water partition coefficient (Wildman–Crippen LogP) is 1.31. The minimum absolute atomic E-state index is 0. The van der Waals surface area contributed by atoms with Gasteiger partial charge in [-0.3, -0.25) is 4.79 Å². The predicted molar refractivity (Wildman–Crippen MR) is 101 cm³/mol. The Labute approximate surface area is 153 Å². The first-order chi connectivity index (χ1) is 10.1. The first kappa shape index (κ1) is 22.9. The van der Waals surface area contributed by atoms with Gasteiger partial charge in [-0.1, -0.05) is 13.8 Å². The van der Waals surface area contributed by atoms with E-state index in [4.69, 9.17) is 0 Å². The zero-order valence-corrected chi connectivity index (χ0v) is 16.4. The molecule has 2 heterocycles. The molecule has 138 valence electrons. The first-order valence-corrected chi connectivity index (χ1v) is 8.53. The third-order valence-corrected chi connectivity index (χ3v) is 5.11. The highest BCUT2D eigenvalue weighted by molar-refractivity contribution is 5.85. The van der Waals surface area contributed by atoms with Gasteiger partial charge >= 0.3 is 0 Å². The summed E-state index contributed by atoms with van der Waals surface area (Å²) in [7, 11) is 2.19. The summed E-state index contributed by atoms with van der Waals surface area (Å²) in [6.45, 7) is 12.6. The van der Waals surface area contributed by atoms with Crippen LogP contribution in [0.4, 0.5) is 0 Å². The van der Waals surface area contributed by atoms with Crippen LogP contribution in [-0.2, 0) is 4.79 Å². The third kappa shape index (κ3) is 6.75. The van der Waals surface area contributed by atoms with Crippen LogP contribution in [0.15, 0.2) is 0 Å². The van der Waals surface area contributed by atoms with Crippen LogP contribution in [0.5, 0.6) is 0 Å². The molecule has 2 rings (SSSR count). The number of hydrogen-bond acceptors (Lipinski definition) is 4. The van der Waals surface area contributed by atoms with Gasteiger partial charge in [-0.15, -0.1) is 24.8 Å². The van der Waals surface area contributed by atoms with Gasteiger partial charge in [0.1, 0.15) is 0 Å². The summed E-state index contributed by atoms with van der Waals surface area (Å²) in [5.74, 6) is 1.01. The van der Waals surface area contributed by atoms with Crippen LogP contribution in [0.25, 0.3) is 0 Å². The number of carbonyl (C=O) groups is 1. The van der Waals surface area contributed by atoms with Crippen LogP contribution in [0.3, 0.4) is 0 Å². The Morgan fingerprint density at radius 1 is 1.22 bits per heavy atom. The quantitative estimate of drug-likeness (QED) is 0.793. The van der Waals surface area contributed by atoms with Gasteiger partial charge in [0.2, 0.25) is 5.91 Å².